The minimum Gasteiger partial charge on any atom is -0.494 e. The van der Waals surface area contributed by atoms with Crippen molar-refractivity contribution in [1.82, 2.24) is 0 Å². The molecule has 0 saturated carbocycles. The van der Waals surface area contributed by atoms with Crippen LogP contribution < -0.4 is 15.0 Å². The molecule has 1 aliphatic heterocycles. The number of imide groups is 1. The van der Waals surface area contributed by atoms with Crippen LogP contribution in [-0.4, -0.2) is 35.6 Å². The van der Waals surface area contributed by atoms with Gasteiger partial charge in [0.15, 0.2) is 16.6 Å². The van der Waals surface area contributed by atoms with Gasteiger partial charge in [0.1, 0.15) is 5.75 Å². The Balaban J connectivity index is 1.62. The fourth-order valence-electron chi connectivity index (χ4n) is 7.39. The lowest BCUT2D eigenvalue weighted by Crippen LogP contribution is -2.45. The van der Waals surface area contributed by atoms with Gasteiger partial charge in [-0.2, -0.15) is 0 Å². The van der Waals surface area contributed by atoms with E-state index in [1.807, 2.05) is 48.5 Å². The number of fused-ring (bicyclic) bond motifs is 4. The summed E-state index contributed by atoms with van der Waals surface area (Å²) in [7, 11) is -2.74. The van der Waals surface area contributed by atoms with Crippen LogP contribution in [0.1, 0.15) is 52.9 Å². The summed E-state index contributed by atoms with van der Waals surface area (Å²) in [6.45, 7) is 13.5. The molecule has 9 heteroatoms. The largest absolute Gasteiger partial charge is 0.494 e. The summed E-state index contributed by atoms with van der Waals surface area (Å²) in [5.41, 5.74) is 7.11. The van der Waals surface area contributed by atoms with Gasteiger partial charge in [-0.25, -0.2) is 4.90 Å². The Morgan fingerprint density at radius 3 is 1.78 bits per heavy atom. The summed E-state index contributed by atoms with van der Waals surface area (Å²) in [4.78, 5) is 30.5. The molecular formula is C36H46N2O5Si2. The van der Waals surface area contributed by atoms with E-state index in [9.17, 15) is 9.59 Å². The predicted molar refractivity (Wildman–Crippen MR) is 184 cm³/mol. The van der Waals surface area contributed by atoms with Gasteiger partial charge in [-0.05, 0) is 99.4 Å². The molecule has 0 spiro atoms. The topological polar surface area (TPSA) is 77.1 Å². The minimum atomic E-state index is -2.24. The molecule has 45 heavy (non-hydrogen) atoms. The number of para-hydroxylation sites is 1. The summed E-state index contributed by atoms with van der Waals surface area (Å²) < 4.78 is 20.5. The average molecular weight is 643 g/mol. The number of hydrogen-bond donors (Lipinski definition) is 1. The molecule has 7 nitrogen and oxygen atoms in total. The Morgan fingerprint density at radius 1 is 0.733 bits per heavy atom. The number of hydrogen-bond acceptors (Lipinski definition) is 6. The quantitative estimate of drug-likeness (QED) is 0.190. The summed E-state index contributed by atoms with van der Waals surface area (Å²) in [6, 6.07) is 19.6. The van der Waals surface area contributed by atoms with Gasteiger partial charge in [0.25, 0.3) is 0 Å². The number of benzene rings is 3. The molecule has 0 radical (unpaired) electrons. The number of rotatable bonds is 9. The first-order valence-electron chi connectivity index (χ1n) is 16.2. The van der Waals surface area contributed by atoms with E-state index in [-0.39, 0.29) is 11.8 Å². The van der Waals surface area contributed by atoms with Crippen LogP contribution in [0.4, 0.5) is 11.4 Å². The van der Waals surface area contributed by atoms with Gasteiger partial charge >= 0.3 is 0 Å². The van der Waals surface area contributed by atoms with Crippen molar-refractivity contribution in [1.29, 1.82) is 0 Å². The van der Waals surface area contributed by atoms with Crippen LogP contribution in [0.25, 0.3) is 0 Å². The number of anilines is 2. The van der Waals surface area contributed by atoms with Crippen LogP contribution in [0.5, 0.6) is 5.75 Å². The van der Waals surface area contributed by atoms with Crippen LogP contribution in [0.2, 0.25) is 39.3 Å². The molecule has 0 bridgehead atoms. The van der Waals surface area contributed by atoms with Gasteiger partial charge in [0.2, 0.25) is 11.8 Å². The van der Waals surface area contributed by atoms with Crippen LogP contribution in [0, 0.1) is 11.8 Å². The second-order valence-corrected chi connectivity index (χ2v) is 23.4. The Hall–Kier alpha value is -3.25. The SMILES string of the molecule is COc1c(NCc2ccccc2)c2c(c3c1[C@H](O[Si](C)(C)C)[C@@H]1C(=O)N(c4ccccc4)C(=O)[C@@H]1[C@@H]3O[Si](C)(C)C)CCCC2. The molecule has 3 aliphatic rings. The van der Waals surface area contributed by atoms with E-state index in [0.717, 1.165) is 42.5 Å². The van der Waals surface area contributed by atoms with Crippen molar-refractivity contribution in [2.24, 2.45) is 11.8 Å². The summed E-state index contributed by atoms with van der Waals surface area (Å²) >= 11 is 0. The maximum atomic E-state index is 14.6. The monoisotopic (exact) mass is 642 g/mol. The summed E-state index contributed by atoms with van der Waals surface area (Å²) in [5, 5.41) is 3.76. The maximum absolute atomic E-state index is 14.6. The van der Waals surface area contributed by atoms with Crippen molar-refractivity contribution in [3.63, 3.8) is 0 Å². The van der Waals surface area contributed by atoms with Gasteiger partial charge in [-0.3, -0.25) is 9.59 Å². The fourth-order valence-corrected chi connectivity index (χ4v) is 9.45. The molecule has 1 heterocycles. The molecule has 238 valence electrons. The third-order valence-corrected chi connectivity index (χ3v) is 10.9. The van der Waals surface area contributed by atoms with Gasteiger partial charge in [0, 0.05) is 12.1 Å². The number of nitrogens with one attached hydrogen (secondary N) is 1. The summed E-state index contributed by atoms with van der Waals surface area (Å²) in [6.07, 6.45) is 2.73. The molecule has 3 aromatic rings. The van der Waals surface area contributed by atoms with E-state index in [0.29, 0.717) is 18.0 Å². The van der Waals surface area contributed by atoms with Crippen molar-refractivity contribution in [3.8, 4) is 5.75 Å². The van der Waals surface area contributed by atoms with Gasteiger partial charge in [-0.15, -0.1) is 0 Å². The number of methoxy groups -OCH3 is 1. The van der Waals surface area contributed by atoms with Gasteiger partial charge in [0.05, 0.1) is 42.5 Å². The van der Waals surface area contributed by atoms with Crippen molar-refractivity contribution < 1.29 is 23.2 Å². The van der Waals surface area contributed by atoms with Crippen molar-refractivity contribution in [2.45, 2.75) is 83.7 Å². The smallest absolute Gasteiger partial charge is 0.240 e. The number of carbonyl (C=O) groups is 2. The minimum absolute atomic E-state index is 0.205. The molecule has 1 fully saturated rings. The highest BCUT2D eigenvalue weighted by atomic mass is 28.4. The highest BCUT2D eigenvalue weighted by Gasteiger charge is 2.61. The molecule has 0 unspecified atom stereocenters. The van der Waals surface area contributed by atoms with Crippen LogP contribution in [-0.2, 0) is 37.8 Å². The van der Waals surface area contributed by atoms with Crippen molar-refractivity contribution in [2.75, 3.05) is 17.3 Å². The second kappa shape index (κ2) is 12.2. The van der Waals surface area contributed by atoms with Gasteiger partial charge < -0.3 is 18.9 Å². The highest BCUT2D eigenvalue weighted by Crippen LogP contribution is 2.59. The first kappa shape index (κ1) is 31.7. The number of amides is 2. The normalized spacial score (nSPS) is 23.0. The van der Waals surface area contributed by atoms with E-state index in [1.165, 1.54) is 21.6 Å². The lowest BCUT2D eigenvalue weighted by molar-refractivity contribution is -0.129. The Morgan fingerprint density at radius 2 is 1.24 bits per heavy atom. The zero-order chi connectivity index (χ0) is 32.1. The average Bonchev–Trinajstić information content (AvgIpc) is 3.26. The number of carbonyl (C=O) groups excluding carboxylic acids is 2. The fraction of sp³-hybridized carbons (Fsp3) is 0.444. The zero-order valence-corrected chi connectivity index (χ0v) is 29.6. The molecular weight excluding hydrogens is 597 g/mol. The van der Waals surface area contributed by atoms with E-state index in [1.54, 1.807) is 7.11 Å². The molecule has 2 aliphatic carbocycles. The van der Waals surface area contributed by atoms with Crippen LogP contribution in [0.15, 0.2) is 60.7 Å². The van der Waals surface area contributed by atoms with E-state index >= 15 is 0 Å². The highest BCUT2D eigenvalue weighted by molar-refractivity contribution is 6.70. The Labute approximate surface area is 269 Å². The first-order valence-corrected chi connectivity index (χ1v) is 23.0. The molecule has 6 rings (SSSR count). The maximum Gasteiger partial charge on any atom is 0.240 e. The molecule has 1 saturated heterocycles. The zero-order valence-electron chi connectivity index (χ0n) is 27.6. The standard InChI is InChI=1S/C36H46N2O5Si2/c1-41-34-28-27(25-20-14-15-21-26(25)31(34)37-22-23-16-10-8-11-17-23)32(42-44(2,3)4)29-30(33(28)43-45(5,6)7)36(40)38(35(29)39)24-18-12-9-13-19-24/h8-13,16-19,29-30,32-33,37H,14-15,20-22H2,1-7H3/t29-,30+,32+,33-/m0/s1. The second-order valence-electron chi connectivity index (χ2n) is 14.4. The lowest BCUT2D eigenvalue weighted by atomic mass is 9.69. The third-order valence-electron chi connectivity index (χ3n) is 8.97. The van der Waals surface area contributed by atoms with Crippen molar-refractivity contribution >= 4 is 39.8 Å². The number of ether oxygens (including phenoxy) is 1. The molecule has 1 N–H and O–H groups in total. The predicted octanol–water partition coefficient (Wildman–Crippen LogP) is 7.79. The Bertz CT molecular complexity index is 1580. The molecule has 4 atom stereocenters. The Kier molecular flexibility index (Phi) is 8.58. The van der Waals surface area contributed by atoms with Gasteiger partial charge in [-0.1, -0.05) is 48.5 Å². The third kappa shape index (κ3) is 6.03. The molecule has 2 amide bonds. The van der Waals surface area contributed by atoms with E-state index in [4.69, 9.17) is 13.6 Å². The van der Waals surface area contributed by atoms with E-state index < -0.39 is 40.7 Å². The first-order chi connectivity index (χ1) is 21.4. The molecule has 0 aromatic heterocycles. The summed E-state index contributed by atoms with van der Waals surface area (Å²) in [5.74, 6) is -1.13. The van der Waals surface area contributed by atoms with Crippen LogP contribution in [0.3, 0.4) is 0 Å². The lowest BCUT2D eigenvalue weighted by Gasteiger charge is -2.45. The van der Waals surface area contributed by atoms with E-state index in [2.05, 4.69) is 56.7 Å². The number of nitrogens with zero attached hydrogens (tertiary/aromatic N) is 1. The van der Waals surface area contributed by atoms with Crippen LogP contribution >= 0.6 is 0 Å². The molecule has 3 aromatic carbocycles. The van der Waals surface area contributed by atoms with Crippen molar-refractivity contribution in [3.05, 3.63) is 88.5 Å².